The number of nitrogens with zero attached hydrogens (tertiary/aromatic N) is 3. The number of ether oxygens (including phenoxy) is 2. The first-order chi connectivity index (χ1) is 16.5. The molecule has 0 atom stereocenters. The van der Waals surface area contributed by atoms with Gasteiger partial charge in [0.05, 0.1) is 12.2 Å². The van der Waals surface area contributed by atoms with Crippen molar-refractivity contribution in [3.05, 3.63) is 65.0 Å². The van der Waals surface area contributed by atoms with Crippen molar-refractivity contribution in [3.8, 4) is 11.5 Å². The SMILES string of the molecule is CCCCC1=NN2C(=N)/C(=C/c3ccc(OCc4ccccc4F)c(OCC)c3)C(=O)N=C2S1. The van der Waals surface area contributed by atoms with Gasteiger partial charge in [0.1, 0.15) is 17.5 Å². The number of amides is 1. The monoisotopic (exact) mass is 480 g/mol. The third kappa shape index (κ3) is 5.20. The molecule has 1 N–H and O–H groups in total. The quantitative estimate of drug-likeness (QED) is 0.471. The van der Waals surface area contributed by atoms with Gasteiger partial charge in [0, 0.05) is 5.56 Å². The zero-order chi connectivity index (χ0) is 24.1. The summed E-state index contributed by atoms with van der Waals surface area (Å²) >= 11 is 1.34. The Morgan fingerprint density at radius 2 is 1.97 bits per heavy atom. The first-order valence-electron chi connectivity index (χ1n) is 11.1. The lowest BCUT2D eigenvalue weighted by Gasteiger charge is -2.20. The normalized spacial score (nSPS) is 16.4. The van der Waals surface area contributed by atoms with E-state index < -0.39 is 5.91 Å². The van der Waals surface area contributed by atoms with E-state index >= 15 is 0 Å². The van der Waals surface area contributed by atoms with E-state index in [0.717, 1.165) is 24.3 Å². The van der Waals surface area contributed by atoms with E-state index in [9.17, 15) is 9.18 Å². The molecule has 2 aliphatic heterocycles. The second-order valence-electron chi connectivity index (χ2n) is 7.64. The zero-order valence-corrected chi connectivity index (χ0v) is 19.8. The van der Waals surface area contributed by atoms with Crippen molar-refractivity contribution in [1.82, 2.24) is 5.01 Å². The maximum absolute atomic E-state index is 13.9. The molecular weight excluding hydrogens is 455 g/mol. The largest absolute Gasteiger partial charge is 0.490 e. The van der Waals surface area contributed by atoms with Crippen LogP contribution >= 0.6 is 11.8 Å². The van der Waals surface area contributed by atoms with Crippen molar-refractivity contribution in [2.45, 2.75) is 39.7 Å². The summed E-state index contributed by atoms with van der Waals surface area (Å²) in [4.78, 5) is 16.8. The maximum Gasteiger partial charge on any atom is 0.283 e. The van der Waals surface area contributed by atoms with Crippen molar-refractivity contribution in [2.75, 3.05) is 6.61 Å². The summed E-state index contributed by atoms with van der Waals surface area (Å²) in [5.41, 5.74) is 1.23. The van der Waals surface area contributed by atoms with Gasteiger partial charge in [0.2, 0.25) is 5.17 Å². The van der Waals surface area contributed by atoms with Crippen LogP contribution in [0.1, 0.15) is 44.2 Å². The Bertz CT molecular complexity index is 1210. The van der Waals surface area contributed by atoms with Crippen LogP contribution < -0.4 is 9.47 Å². The number of benzene rings is 2. The highest BCUT2D eigenvalue weighted by Crippen LogP contribution is 2.33. The molecule has 1 amide bonds. The number of aliphatic imine (C=N–C) groups is 1. The highest BCUT2D eigenvalue weighted by atomic mass is 32.2. The summed E-state index contributed by atoms with van der Waals surface area (Å²) in [7, 11) is 0. The molecule has 2 aromatic carbocycles. The summed E-state index contributed by atoms with van der Waals surface area (Å²) in [6, 6.07) is 11.6. The Labute approximate surface area is 201 Å². The Kier molecular flexibility index (Phi) is 7.42. The first-order valence-corrected chi connectivity index (χ1v) is 11.9. The molecule has 0 fully saturated rings. The van der Waals surface area contributed by atoms with Gasteiger partial charge in [-0.25, -0.2) is 4.39 Å². The van der Waals surface area contributed by atoms with Gasteiger partial charge in [0.25, 0.3) is 5.91 Å². The number of hydrogen-bond acceptors (Lipinski definition) is 6. The topological polar surface area (TPSA) is 87.3 Å². The van der Waals surface area contributed by atoms with Crippen LogP contribution in [0.25, 0.3) is 6.08 Å². The highest BCUT2D eigenvalue weighted by Gasteiger charge is 2.35. The van der Waals surface area contributed by atoms with Crippen LogP contribution in [0.15, 0.2) is 58.1 Å². The van der Waals surface area contributed by atoms with Crippen molar-refractivity contribution in [1.29, 1.82) is 5.41 Å². The summed E-state index contributed by atoms with van der Waals surface area (Å²) in [5.74, 6) is 0.0968. The molecule has 0 aromatic heterocycles. The second-order valence-corrected chi connectivity index (χ2v) is 8.68. The number of carbonyl (C=O) groups excluding carboxylic acids is 1. The predicted molar refractivity (Wildman–Crippen MR) is 133 cm³/mol. The molecule has 176 valence electrons. The number of carbonyl (C=O) groups is 1. The molecule has 0 saturated heterocycles. The number of halogens is 1. The molecule has 0 saturated carbocycles. The van der Waals surface area contributed by atoms with Crippen molar-refractivity contribution in [3.63, 3.8) is 0 Å². The van der Waals surface area contributed by atoms with Crippen LogP contribution in [0, 0.1) is 11.2 Å². The van der Waals surface area contributed by atoms with Gasteiger partial charge in [-0.3, -0.25) is 10.2 Å². The number of amidine groups is 2. The number of hydrogen-bond donors (Lipinski definition) is 1. The molecular formula is C25H25FN4O3S. The molecule has 0 bridgehead atoms. The third-order valence-corrected chi connectivity index (χ3v) is 6.13. The van der Waals surface area contributed by atoms with Gasteiger partial charge in [-0.15, -0.1) is 0 Å². The Hall–Kier alpha value is -3.46. The number of nitrogens with one attached hydrogen (secondary N) is 1. The van der Waals surface area contributed by atoms with E-state index in [2.05, 4.69) is 17.0 Å². The van der Waals surface area contributed by atoms with Crippen molar-refractivity contribution in [2.24, 2.45) is 10.1 Å². The van der Waals surface area contributed by atoms with E-state index in [1.807, 2.05) is 6.92 Å². The Morgan fingerprint density at radius 3 is 2.74 bits per heavy atom. The molecule has 0 radical (unpaired) electrons. The molecule has 0 spiro atoms. The van der Waals surface area contributed by atoms with Crippen molar-refractivity contribution >= 4 is 39.8 Å². The van der Waals surface area contributed by atoms with Crippen LogP contribution in [-0.2, 0) is 11.4 Å². The second kappa shape index (κ2) is 10.6. The Morgan fingerprint density at radius 1 is 1.15 bits per heavy atom. The number of rotatable bonds is 9. The minimum absolute atomic E-state index is 0.00756. The van der Waals surface area contributed by atoms with Gasteiger partial charge in [0.15, 0.2) is 17.3 Å². The van der Waals surface area contributed by atoms with Gasteiger partial charge >= 0.3 is 0 Å². The van der Waals surface area contributed by atoms with Crippen molar-refractivity contribution < 1.29 is 18.7 Å². The lowest BCUT2D eigenvalue weighted by molar-refractivity contribution is -0.114. The van der Waals surface area contributed by atoms with E-state index in [-0.39, 0.29) is 23.8 Å². The number of unbranched alkanes of at least 4 members (excludes halogenated alkanes) is 1. The van der Waals surface area contributed by atoms with Crippen LogP contribution in [-0.4, -0.2) is 33.6 Å². The minimum Gasteiger partial charge on any atom is -0.490 e. The van der Waals surface area contributed by atoms with Crippen LogP contribution in [0.5, 0.6) is 11.5 Å². The molecule has 2 aromatic rings. The third-order valence-electron chi connectivity index (χ3n) is 5.16. The van der Waals surface area contributed by atoms with Crippen LogP contribution in [0.4, 0.5) is 4.39 Å². The van der Waals surface area contributed by atoms with E-state index in [1.165, 1.54) is 22.8 Å². The molecule has 0 unspecified atom stereocenters. The molecule has 7 nitrogen and oxygen atoms in total. The van der Waals surface area contributed by atoms with E-state index in [0.29, 0.717) is 34.4 Å². The number of thioether (sulfide) groups is 1. The lowest BCUT2D eigenvalue weighted by atomic mass is 10.1. The smallest absolute Gasteiger partial charge is 0.283 e. The maximum atomic E-state index is 13.9. The molecule has 2 heterocycles. The summed E-state index contributed by atoms with van der Waals surface area (Å²) < 4.78 is 25.4. The fraction of sp³-hybridized carbons (Fsp3) is 0.280. The average Bonchev–Trinajstić information content (AvgIpc) is 3.24. The fourth-order valence-electron chi connectivity index (χ4n) is 3.40. The van der Waals surface area contributed by atoms with Gasteiger partial charge in [-0.05, 0) is 61.4 Å². The fourth-order valence-corrected chi connectivity index (χ4v) is 4.33. The lowest BCUT2D eigenvalue weighted by Crippen LogP contribution is -2.35. The molecule has 9 heteroatoms. The van der Waals surface area contributed by atoms with Gasteiger partial charge in [-0.2, -0.15) is 15.1 Å². The van der Waals surface area contributed by atoms with Gasteiger partial charge in [-0.1, -0.05) is 37.6 Å². The summed E-state index contributed by atoms with van der Waals surface area (Å²) in [6.07, 6.45) is 4.42. The number of hydrazone groups is 1. The molecule has 4 rings (SSSR count). The highest BCUT2D eigenvalue weighted by molar-refractivity contribution is 8.26. The minimum atomic E-state index is -0.478. The number of fused-ring (bicyclic) bond motifs is 1. The summed E-state index contributed by atoms with van der Waals surface area (Å²) in [6.45, 7) is 4.41. The van der Waals surface area contributed by atoms with Crippen LogP contribution in [0.2, 0.25) is 0 Å². The predicted octanol–water partition coefficient (Wildman–Crippen LogP) is 5.61. The first kappa shape index (κ1) is 23.7. The summed E-state index contributed by atoms with van der Waals surface area (Å²) in [5, 5.41) is 15.7. The molecule has 2 aliphatic rings. The van der Waals surface area contributed by atoms with Crippen LogP contribution in [0.3, 0.4) is 0 Å². The standard InChI is InChI=1S/C25H25FN4O3S/c1-3-5-10-22-29-30-23(27)18(24(31)28-25(30)34-22)13-16-11-12-20(21(14-16)32-4-2)33-15-17-8-6-7-9-19(17)26/h6-9,11-14,27H,3-5,10,15H2,1-2H3/b18-13-,27-23?. The Balaban J connectivity index is 1.56. The molecule has 0 aliphatic carbocycles. The van der Waals surface area contributed by atoms with E-state index in [1.54, 1.807) is 42.5 Å². The molecule has 34 heavy (non-hydrogen) atoms. The van der Waals surface area contributed by atoms with E-state index in [4.69, 9.17) is 14.9 Å². The average molecular weight is 481 g/mol. The van der Waals surface area contributed by atoms with Gasteiger partial charge < -0.3 is 9.47 Å². The zero-order valence-electron chi connectivity index (χ0n) is 19.0.